The summed E-state index contributed by atoms with van der Waals surface area (Å²) in [6, 6.07) is 5.48. The number of nitrogens with zero attached hydrogens (tertiary/aromatic N) is 3. The molecule has 0 saturated heterocycles. The SMILES string of the molecule is CC(=O)N1CCc2cc(NC(=O)c3nnc(Cl)s3)ccc21. The van der Waals surface area contributed by atoms with E-state index in [9.17, 15) is 9.59 Å². The zero-order valence-electron chi connectivity index (χ0n) is 11.1. The Morgan fingerprint density at radius 2 is 2.19 bits per heavy atom. The van der Waals surface area contributed by atoms with Gasteiger partial charge < -0.3 is 10.2 Å². The molecule has 1 aromatic carbocycles. The van der Waals surface area contributed by atoms with E-state index < -0.39 is 0 Å². The molecule has 0 unspecified atom stereocenters. The summed E-state index contributed by atoms with van der Waals surface area (Å²) in [5.41, 5.74) is 2.60. The fourth-order valence-electron chi connectivity index (χ4n) is 2.29. The summed E-state index contributed by atoms with van der Waals surface area (Å²) in [7, 11) is 0. The van der Waals surface area contributed by atoms with Gasteiger partial charge >= 0.3 is 0 Å². The fourth-order valence-corrected chi connectivity index (χ4v) is 3.01. The summed E-state index contributed by atoms with van der Waals surface area (Å²) in [5, 5.41) is 10.3. The molecule has 108 valence electrons. The Morgan fingerprint density at radius 3 is 2.86 bits per heavy atom. The van der Waals surface area contributed by atoms with Crippen molar-refractivity contribution in [1.29, 1.82) is 0 Å². The summed E-state index contributed by atoms with van der Waals surface area (Å²) in [6.45, 7) is 2.22. The number of carbonyl (C=O) groups excluding carboxylic acids is 2. The van der Waals surface area contributed by atoms with Crippen LogP contribution in [0, 0.1) is 0 Å². The Bertz CT molecular complexity index is 731. The highest BCUT2D eigenvalue weighted by atomic mass is 35.5. The van der Waals surface area contributed by atoms with Crippen molar-refractivity contribution in [3.05, 3.63) is 33.2 Å². The minimum absolute atomic E-state index is 0.0223. The molecule has 1 N–H and O–H groups in total. The second kappa shape index (κ2) is 5.42. The first-order valence-electron chi connectivity index (χ1n) is 6.26. The third-order valence-corrected chi connectivity index (χ3v) is 4.23. The zero-order valence-corrected chi connectivity index (χ0v) is 12.7. The van der Waals surface area contributed by atoms with Crippen LogP contribution >= 0.6 is 22.9 Å². The highest BCUT2D eigenvalue weighted by Gasteiger charge is 2.22. The number of nitrogens with one attached hydrogen (secondary N) is 1. The second-order valence-electron chi connectivity index (χ2n) is 4.58. The third kappa shape index (κ3) is 2.74. The lowest BCUT2D eigenvalue weighted by Crippen LogP contribution is -2.25. The number of amides is 2. The Morgan fingerprint density at radius 1 is 1.38 bits per heavy atom. The maximum atomic E-state index is 12.0. The summed E-state index contributed by atoms with van der Waals surface area (Å²) in [6.07, 6.45) is 0.781. The summed E-state index contributed by atoms with van der Waals surface area (Å²) >= 11 is 6.68. The van der Waals surface area contributed by atoms with Gasteiger partial charge in [0.1, 0.15) is 0 Å². The van der Waals surface area contributed by atoms with Crippen molar-refractivity contribution < 1.29 is 9.59 Å². The van der Waals surface area contributed by atoms with Crippen molar-refractivity contribution in [2.45, 2.75) is 13.3 Å². The van der Waals surface area contributed by atoms with E-state index in [4.69, 9.17) is 11.6 Å². The molecule has 2 amide bonds. The summed E-state index contributed by atoms with van der Waals surface area (Å²) in [5.74, 6) is -0.324. The molecule has 0 aliphatic carbocycles. The number of hydrogen-bond acceptors (Lipinski definition) is 5. The third-order valence-electron chi connectivity index (χ3n) is 3.21. The molecule has 2 aromatic rings. The van der Waals surface area contributed by atoms with Crippen molar-refractivity contribution in [2.24, 2.45) is 0 Å². The van der Waals surface area contributed by atoms with E-state index in [-0.39, 0.29) is 21.3 Å². The average Bonchev–Trinajstić information content (AvgIpc) is 3.04. The molecule has 0 fully saturated rings. The molecule has 0 bridgehead atoms. The fraction of sp³-hybridized carbons (Fsp3) is 0.231. The van der Waals surface area contributed by atoms with Gasteiger partial charge in [0, 0.05) is 24.8 Å². The van der Waals surface area contributed by atoms with E-state index in [0.717, 1.165) is 29.0 Å². The highest BCUT2D eigenvalue weighted by Crippen LogP contribution is 2.30. The topological polar surface area (TPSA) is 75.2 Å². The van der Waals surface area contributed by atoms with Crippen molar-refractivity contribution in [3.8, 4) is 0 Å². The standard InChI is InChI=1S/C13H11ClN4O2S/c1-7(19)18-5-4-8-6-9(2-3-10(8)18)15-11(20)12-16-17-13(14)21-12/h2-3,6H,4-5H2,1H3,(H,15,20). The van der Waals surface area contributed by atoms with Gasteiger partial charge in [-0.1, -0.05) is 11.3 Å². The van der Waals surface area contributed by atoms with Crippen molar-refractivity contribution in [1.82, 2.24) is 10.2 Å². The predicted octanol–water partition coefficient (Wildman–Crippen LogP) is 2.35. The van der Waals surface area contributed by atoms with Gasteiger partial charge in [-0.2, -0.15) is 0 Å². The molecule has 3 rings (SSSR count). The number of carbonyl (C=O) groups is 2. The number of hydrogen-bond donors (Lipinski definition) is 1. The van der Waals surface area contributed by atoms with E-state index in [2.05, 4.69) is 15.5 Å². The van der Waals surface area contributed by atoms with Crippen molar-refractivity contribution in [2.75, 3.05) is 16.8 Å². The number of anilines is 2. The highest BCUT2D eigenvalue weighted by molar-refractivity contribution is 7.17. The molecule has 0 radical (unpaired) electrons. The van der Waals surface area contributed by atoms with Gasteiger partial charge in [-0.15, -0.1) is 10.2 Å². The number of halogens is 1. The van der Waals surface area contributed by atoms with Gasteiger partial charge in [-0.25, -0.2) is 0 Å². The first-order chi connectivity index (χ1) is 10.0. The van der Waals surface area contributed by atoms with E-state index >= 15 is 0 Å². The zero-order chi connectivity index (χ0) is 15.0. The van der Waals surface area contributed by atoms with Crippen LogP contribution in [0.3, 0.4) is 0 Å². The lowest BCUT2D eigenvalue weighted by atomic mass is 10.1. The van der Waals surface area contributed by atoms with Crippen LogP contribution in [0.2, 0.25) is 4.47 Å². The van der Waals surface area contributed by atoms with Crippen LogP contribution in [-0.4, -0.2) is 28.6 Å². The Hall–Kier alpha value is -1.99. The van der Waals surface area contributed by atoms with Crippen LogP contribution in [0.4, 0.5) is 11.4 Å². The molecule has 2 heterocycles. The minimum Gasteiger partial charge on any atom is -0.320 e. The summed E-state index contributed by atoms with van der Waals surface area (Å²) in [4.78, 5) is 25.2. The molecule has 8 heteroatoms. The largest absolute Gasteiger partial charge is 0.320 e. The van der Waals surface area contributed by atoms with Crippen LogP contribution < -0.4 is 10.2 Å². The molecule has 0 saturated carbocycles. The Labute approximate surface area is 129 Å². The average molecular weight is 323 g/mol. The lowest BCUT2D eigenvalue weighted by Gasteiger charge is -2.14. The normalized spacial score (nSPS) is 13.1. The number of rotatable bonds is 2. The maximum absolute atomic E-state index is 12.0. The van der Waals surface area contributed by atoms with Gasteiger partial charge in [-0.3, -0.25) is 9.59 Å². The Balaban J connectivity index is 1.79. The molecule has 0 atom stereocenters. The van der Waals surface area contributed by atoms with Crippen molar-refractivity contribution in [3.63, 3.8) is 0 Å². The predicted molar refractivity (Wildman–Crippen MR) is 81.0 cm³/mol. The Kier molecular flexibility index (Phi) is 3.60. The number of benzene rings is 1. The van der Waals surface area contributed by atoms with Crippen LogP contribution in [0.5, 0.6) is 0 Å². The summed E-state index contributed by atoms with van der Waals surface area (Å²) < 4.78 is 0.228. The van der Waals surface area contributed by atoms with Gasteiger partial charge in [-0.05, 0) is 41.8 Å². The minimum atomic E-state index is -0.347. The van der Waals surface area contributed by atoms with Crippen LogP contribution in [-0.2, 0) is 11.2 Å². The monoisotopic (exact) mass is 322 g/mol. The van der Waals surface area contributed by atoms with Crippen molar-refractivity contribution >= 4 is 46.1 Å². The van der Waals surface area contributed by atoms with Gasteiger partial charge in [0.25, 0.3) is 5.91 Å². The van der Waals surface area contributed by atoms with E-state index in [1.807, 2.05) is 12.1 Å². The second-order valence-corrected chi connectivity index (χ2v) is 6.14. The van der Waals surface area contributed by atoms with Crippen LogP contribution in [0.25, 0.3) is 0 Å². The number of aromatic nitrogens is 2. The lowest BCUT2D eigenvalue weighted by molar-refractivity contribution is -0.116. The van der Waals surface area contributed by atoms with E-state index in [1.165, 1.54) is 0 Å². The molecule has 1 aromatic heterocycles. The quantitative estimate of drug-likeness (QED) is 0.921. The smallest absolute Gasteiger partial charge is 0.286 e. The van der Waals surface area contributed by atoms with E-state index in [0.29, 0.717) is 12.2 Å². The molecule has 1 aliphatic rings. The molecule has 21 heavy (non-hydrogen) atoms. The van der Waals surface area contributed by atoms with Gasteiger partial charge in [0.05, 0.1) is 0 Å². The first kappa shape index (κ1) is 14.0. The number of fused-ring (bicyclic) bond motifs is 1. The van der Waals surface area contributed by atoms with Crippen LogP contribution in [0.1, 0.15) is 22.3 Å². The first-order valence-corrected chi connectivity index (χ1v) is 7.45. The van der Waals surface area contributed by atoms with Gasteiger partial charge in [0.2, 0.25) is 15.4 Å². The maximum Gasteiger partial charge on any atom is 0.286 e. The molecule has 1 aliphatic heterocycles. The molecular weight excluding hydrogens is 312 g/mol. The van der Waals surface area contributed by atoms with Crippen LogP contribution in [0.15, 0.2) is 18.2 Å². The molecular formula is C13H11ClN4O2S. The van der Waals surface area contributed by atoms with Gasteiger partial charge in [0.15, 0.2) is 0 Å². The molecule has 0 spiro atoms. The van der Waals surface area contributed by atoms with E-state index in [1.54, 1.807) is 17.9 Å². The molecule has 6 nitrogen and oxygen atoms in total.